The standard InChI is InChI=1S/C16H10N4/c1-3-11-8-14(19-10-15(11)17-5-1)13-7-12-4-2-6-18-16(12)20-9-13/h1-10H. The zero-order valence-corrected chi connectivity index (χ0v) is 10.6. The van der Waals surface area contributed by atoms with Gasteiger partial charge in [-0.3, -0.25) is 9.97 Å². The third kappa shape index (κ3) is 1.78. The Bertz CT molecular complexity index is 841. The van der Waals surface area contributed by atoms with E-state index < -0.39 is 0 Å². The highest BCUT2D eigenvalue weighted by atomic mass is 14.8. The third-order valence-electron chi connectivity index (χ3n) is 3.24. The van der Waals surface area contributed by atoms with Gasteiger partial charge in [0.05, 0.1) is 17.4 Å². The second-order valence-corrected chi connectivity index (χ2v) is 4.54. The van der Waals surface area contributed by atoms with Crippen LogP contribution in [0, 0.1) is 0 Å². The van der Waals surface area contributed by atoms with Crippen molar-refractivity contribution in [2.75, 3.05) is 0 Å². The summed E-state index contributed by atoms with van der Waals surface area (Å²) in [5.41, 5.74) is 3.52. The second kappa shape index (κ2) is 4.35. The number of aromatic nitrogens is 4. The molecule has 4 rings (SSSR count). The van der Waals surface area contributed by atoms with E-state index in [0.29, 0.717) is 0 Å². The molecule has 0 unspecified atom stereocenters. The molecule has 0 aromatic carbocycles. The van der Waals surface area contributed by atoms with Crippen LogP contribution in [0.15, 0.2) is 61.2 Å². The van der Waals surface area contributed by atoms with E-state index in [-0.39, 0.29) is 0 Å². The molecule has 0 aliphatic heterocycles. The number of hydrogen-bond donors (Lipinski definition) is 0. The van der Waals surface area contributed by atoms with Gasteiger partial charge in [-0.15, -0.1) is 0 Å². The van der Waals surface area contributed by atoms with Gasteiger partial charge >= 0.3 is 0 Å². The molecule has 0 aliphatic carbocycles. The van der Waals surface area contributed by atoms with Crippen LogP contribution in [0.3, 0.4) is 0 Å². The fraction of sp³-hybridized carbons (Fsp3) is 0. The van der Waals surface area contributed by atoms with Gasteiger partial charge in [0.1, 0.15) is 0 Å². The fourth-order valence-electron chi connectivity index (χ4n) is 2.24. The summed E-state index contributed by atoms with van der Waals surface area (Å²) in [7, 11) is 0. The van der Waals surface area contributed by atoms with Gasteiger partial charge in [0, 0.05) is 34.9 Å². The number of fused-ring (bicyclic) bond motifs is 2. The number of pyridine rings is 4. The molecule has 94 valence electrons. The SMILES string of the molecule is c1cnc2cnc(-c3cnc4ncccc4c3)cc2c1. The molecular weight excluding hydrogens is 248 g/mol. The van der Waals surface area contributed by atoms with Crippen molar-refractivity contribution in [2.45, 2.75) is 0 Å². The van der Waals surface area contributed by atoms with Crippen LogP contribution in [0.2, 0.25) is 0 Å². The lowest BCUT2D eigenvalue weighted by Crippen LogP contribution is -1.88. The van der Waals surface area contributed by atoms with Crippen molar-refractivity contribution in [1.82, 2.24) is 19.9 Å². The van der Waals surface area contributed by atoms with Crippen LogP contribution in [0.1, 0.15) is 0 Å². The van der Waals surface area contributed by atoms with Crippen molar-refractivity contribution in [2.24, 2.45) is 0 Å². The minimum atomic E-state index is 0.749. The number of nitrogens with zero attached hydrogens (tertiary/aromatic N) is 4. The summed E-state index contributed by atoms with van der Waals surface area (Å²) in [5.74, 6) is 0. The minimum absolute atomic E-state index is 0.749. The van der Waals surface area contributed by atoms with Crippen molar-refractivity contribution < 1.29 is 0 Å². The largest absolute Gasteiger partial charge is 0.255 e. The maximum atomic E-state index is 4.46. The molecule has 0 saturated carbocycles. The van der Waals surface area contributed by atoms with E-state index in [1.807, 2.05) is 30.3 Å². The summed E-state index contributed by atoms with van der Waals surface area (Å²) in [6, 6.07) is 12.0. The van der Waals surface area contributed by atoms with Crippen LogP contribution in [-0.4, -0.2) is 19.9 Å². The van der Waals surface area contributed by atoms with Gasteiger partial charge in [-0.1, -0.05) is 6.07 Å². The van der Waals surface area contributed by atoms with Crippen LogP contribution in [0.25, 0.3) is 33.2 Å². The molecule has 4 heterocycles. The van der Waals surface area contributed by atoms with Crippen molar-refractivity contribution in [1.29, 1.82) is 0 Å². The fourth-order valence-corrected chi connectivity index (χ4v) is 2.24. The molecule has 0 N–H and O–H groups in total. The van der Waals surface area contributed by atoms with Gasteiger partial charge in [0.2, 0.25) is 0 Å². The first-order chi connectivity index (χ1) is 9.90. The van der Waals surface area contributed by atoms with Crippen molar-refractivity contribution in [3.05, 3.63) is 61.2 Å². The zero-order valence-electron chi connectivity index (χ0n) is 10.6. The monoisotopic (exact) mass is 258 g/mol. The van der Waals surface area contributed by atoms with Gasteiger partial charge in [-0.25, -0.2) is 9.97 Å². The first-order valence-corrected chi connectivity index (χ1v) is 6.32. The van der Waals surface area contributed by atoms with Gasteiger partial charge in [0.15, 0.2) is 5.65 Å². The van der Waals surface area contributed by atoms with Crippen LogP contribution < -0.4 is 0 Å². The van der Waals surface area contributed by atoms with Crippen molar-refractivity contribution in [3.8, 4) is 11.3 Å². The van der Waals surface area contributed by atoms with Crippen LogP contribution in [0.4, 0.5) is 0 Å². The van der Waals surface area contributed by atoms with Gasteiger partial charge < -0.3 is 0 Å². The van der Waals surface area contributed by atoms with Gasteiger partial charge in [-0.2, -0.15) is 0 Å². The van der Waals surface area contributed by atoms with Gasteiger partial charge in [-0.05, 0) is 30.3 Å². The molecule has 0 atom stereocenters. The van der Waals surface area contributed by atoms with Crippen LogP contribution in [0.5, 0.6) is 0 Å². The van der Waals surface area contributed by atoms with E-state index in [2.05, 4.69) is 26.0 Å². The molecule has 4 aromatic heterocycles. The van der Waals surface area contributed by atoms with E-state index in [1.165, 1.54) is 0 Å². The summed E-state index contributed by atoms with van der Waals surface area (Å²) < 4.78 is 0. The summed E-state index contributed by atoms with van der Waals surface area (Å²) in [6.07, 6.45) is 7.11. The van der Waals surface area contributed by atoms with Crippen LogP contribution >= 0.6 is 0 Å². The maximum absolute atomic E-state index is 4.46. The molecular formula is C16H10N4. The van der Waals surface area contributed by atoms with E-state index in [1.54, 1.807) is 24.8 Å². The highest BCUT2D eigenvalue weighted by Crippen LogP contribution is 2.22. The van der Waals surface area contributed by atoms with Crippen molar-refractivity contribution in [3.63, 3.8) is 0 Å². The molecule has 4 aromatic rings. The Morgan fingerprint density at radius 2 is 1.55 bits per heavy atom. The lowest BCUT2D eigenvalue weighted by atomic mass is 10.1. The molecule has 0 bridgehead atoms. The Hall–Kier alpha value is -2.88. The van der Waals surface area contributed by atoms with E-state index >= 15 is 0 Å². The molecule has 0 spiro atoms. The summed E-state index contributed by atoms with van der Waals surface area (Å²) >= 11 is 0. The lowest BCUT2D eigenvalue weighted by molar-refractivity contribution is 1.26. The normalized spacial score (nSPS) is 11.0. The van der Waals surface area contributed by atoms with Crippen LogP contribution in [-0.2, 0) is 0 Å². The predicted octanol–water partition coefficient (Wildman–Crippen LogP) is 3.24. The lowest BCUT2D eigenvalue weighted by Gasteiger charge is -2.03. The summed E-state index contributed by atoms with van der Waals surface area (Å²) in [6.45, 7) is 0. The van der Waals surface area contributed by atoms with Crippen molar-refractivity contribution >= 4 is 21.9 Å². The Kier molecular flexibility index (Phi) is 2.39. The second-order valence-electron chi connectivity index (χ2n) is 4.54. The Morgan fingerprint density at radius 1 is 0.700 bits per heavy atom. The summed E-state index contributed by atoms with van der Waals surface area (Å²) in [4.78, 5) is 17.3. The van der Waals surface area contributed by atoms with Gasteiger partial charge in [0.25, 0.3) is 0 Å². The quantitative estimate of drug-likeness (QED) is 0.526. The topological polar surface area (TPSA) is 51.6 Å². The van der Waals surface area contributed by atoms with E-state index in [9.17, 15) is 0 Å². The highest BCUT2D eigenvalue weighted by molar-refractivity contribution is 5.84. The average Bonchev–Trinajstić information content (AvgIpc) is 2.54. The predicted molar refractivity (Wildman–Crippen MR) is 78.1 cm³/mol. The smallest absolute Gasteiger partial charge is 0.159 e. The molecule has 0 aliphatic rings. The molecule has 0 fully saturated rings. The molecule has 0 saturated heterocycles. The number of rotatable bonds is 1. The first kappa shape index (κ1) is 11.0. The molecule has 0 amide bonds. The molecule has 0 radical (unpaired) electrons. The molecule has 4 nitrogen and oxygen atoms in total. The van der Waals surface area contributed by atoms with E-state index in [4.69, 9.17) is 0 Å². The molecule has 4 heteroatoms. The highest BCUT2D eigenvalue weighted by Gasteiger charge is 2.04. The minimum Gasteiger partial charge on any atom is -0.255 e. The Morgan fingerprint density at radius 3 is 2.50 bits per heavy atom. The summed E-state index contributed by atoms with van der Waals surface area (Å²) in [5, 5.41) is 2.09. The zero-order chi connectivity index (χ0) is 13.4. The maximum Gasteiger partial charge on any atom is 0.159 e. The number of hydrogen-bond acceptors (Lipinski definition) is 4. The third-order valence-corrected chi connectivity index (χ3v) is 3.24. The first-order valence-electron chi connectivity index (χ1n) is 6.32. The van der Waals surface area contributed by atoms with E-state index in [0.717, 1.165) is 33.2 Å². The molecule has 20 heavy (non-hydrogen) atoms. The average molecular weight is 258 g/mol. The Labute approximate surface area is 115 Å². The Balaban J connectivity index is 1.91.